The molecule has 15 heavy (non-hydrogen) atoms. The van der Waals surface area contributed by atoms with E-state index in [1.165, 1.54) is 6.07 Å². The molecule has 1 atom stereocenters. The van der Waals surface area contributed by atoms with E-state index in [1.54, 1.807) is 12.1 Å². The molecular weight excluding hydrogens is 193 g/mol. The molecular formula is C12H18FNO. The molecule has 0 bridgehead atoms. The number of nitrogens with zero attached hydrogens (tertiary/aromatic N) is 1. The molecule has 1 aromatic carbocycles. The van der Waals surface area contributed by atoms with Gasteiger partial charge in [-0.3, -0.25) is 4.90 Å². The Morgan fingerprint density at radius 1 is 1.47 bits per heavy atom. The van der Waals surface area contributed by atoms with Crippen LogP contribution < -0.4 is 0 Å². The number of para-hydroxylation sites is 1. The predicted octanol–water partition coefficient (Wildman–Crippen LogP) is 2.76. The van der Waals surface area contributed by atoms with Crippen LogP contribution in [0.5, 0.6) is 5.75 Å². The number of benzene rings is 1. The number of aromatic hydroxyl groups is 1. The lowest BCUT2D eigenvalue weighted by atomic mass is 10.1. The second kappa shape index (κ2) is 5.12. The van der Waals surface area contributed by atoms with Gasteiger partial charge in [-0.15, -0.1) is 0 Å². The summed E-state index contributed by atoms with van der Waals surface area (Å²) in [6, 6.07) is 5.06. The van der Waals surface area contributed by atoms with Gasteiger partial charge in [0.2, 0.25) is 0 Å². The van der Waals surface area contributed by atoms with Gasteiger partial charge in [0.15, 0.2) is 11.6 Å². The Hall–Kier alpha value is -1.09. The zero-order chi connectivity index (χ0) is 11.4. The maximum Gasteiger partial charge on any atom is 0.165 e. The van der Waals surface area contributed by atoms with Crippen molar-refractivity contribution in [2.24, 2.45) is 0 Å². The molecule has 0 aromatic heterocycles. The first-order chi connectivity index (χ1) is 7.06. The predicted molar refractivity (Wildman–Crippen MR) is 59.3 cm³/mol. The summed E-state index contributed by atoms with van der Waals surface area (Å²) in [4.78, 5) is 2.09. The standard InChI is InChI=1S/C12H18FNO/c1-4-9(2)14(3)8-10-6-5-7-11(13)12(10)15/h5-7,9,15H,4,8H2,1-3H3. The molecule has 0 aliphatic heterocycles. The molecule has 0 heterocycles. The lowest BCUT2D eigenvalue weighted by Gasteiger charge is -2.23. The van der Waals surface area contributed by atoms with Crippen molar-refractivity contribution in [1.29, 1.82) is 0 Å². The van der Waals surface area contributed by atoms with Crippen molar-refractivity contribution in [2.45, 2.75) is 32.9 Å². The Labute approximate surface area is 90.3 Å². The van der Waals surface area contributed by atoms with E-state index < -0.39 is 5.82 Å². The molecule has 1 unspecified atom stereocenters. The van der Waals surface area contributed by atoms with Crippen molar-refractivity contribution in [3.8, 4) is 5.75 Å². The lowest BCUT2D eigenvalue weighted by molar-refractivity contribution is 0.240. The minimum Gasteiger partial charge on any atom is -0.505 e. The molecule has 0 aliphatic rings. The molecule has 2 nitrogen and oxygen atoms in total. The van der Waals surface area contributed by atoms with Crippen LogP contribution in [-0.2, 0) is 6.54 Å². The van der Waals surface area contributed by atoms with Gasteiger partial charge in [-0.2, -0.15) is 0 Å². The van der Waals surface area contributed by atoms with Gasteiger partial charge in [0.25, 0.3) is 0 Å². The first-order valence-corrected chi connectivity index (χ1v) is 5.22. The highest BCUT2D eigenvalue weighted by Gasteiger charge is 2.11. The molecule has 0 aliphatic carbocycles. The fraction of sp³-hybridized carbons (Fsp3) is 0.500. The van der Waals surface area contributed by atoms with E-state index in [-0.39, 0.29) is 5.75 Å². The van der Waals surface area contributed by atoms with Crippen LogP contribution in [0.25, 0.3) is 0 Å². The summed E-state index contributed by atoms with van der Waals surface area (Å²) in [6.45, 7) is 4.78. The highest BCUT2D eigenvalue weighted by Crippen LogP contribution is 2.22. The fourth-order valence-corrected chi connectivity index (χ4v) is 1.42. The van der Waals surface area contributed by atoms with Crippen molar-refractivity contribution in [3.05, 3.63) is 29.6 Å². The minimum absolute atomic E-state index is 0.229. The summed E-state index contributed by atoms with van der Waals surface area (Å²) in [5.74, 6) is -0.780. The van der Waals surface area contributed by atoms with Gasteiger partial charge in [-0.1, -0.05) is 19.1 Å². The lowest BCUT2D eigenvalue weighted by Crippen LogP contribution is -2.27. The van der Waals surface area contributed by atoms with Gasteiger partial charge in [-0.25, -0.2) is 4.39 Å². The average Bonchev–Trinajstić information content (AvgIpc) is 2.23. The smallest absolute Gasteiger partial charge is 0.165 e. The molecule has 0 fully saturated rings. The number of phenols is 1. The summed E-state index contributed by atoms with van der Waals surface area (Å²) >= 11 is 0. The van der Waals surface area contributed by atoms with Crippen LogP contribution in [0.1, 0.15) is 25.8 Å². The Bertz CT molecular complexity index is 327. The van der Waals surface area contributed by atoms with Crippen molar-refractivity contribution >= 4 is 0 Å². The number of phenolic OH excluding ortho intramolecular Hbond substituents is 1. The monoisotopic (exact) mass is 211 g/mol. The van der Waals surface area contributed by atoms with Crippen molar-refractivity contribution in [1.82, 2.24) is 4.90 Å². The molecule has 1 N–H and O–H groups in total. The average molecular weight is 211 g/mol. The molecule has 0 saturated carbocycles. The topological polar surface area (TPSA) is 23.5 Å². The molecule has 1 rings (SSSR count). The van der Waals surface area contributed by atoms with E-state index in [2.05, 4.69) is 18.7 Å². The minimum atomic E-state index is -0.551. The van der Waals surface area contributed by atoms with Crippen LogP contribution in [0, 0.1) is 5.82 Å². The van der Waals surface area contributed by atoms with E-state index in [1.807, 2.05) is 7.05 Å². The highest BCUT2D eigenvalue weighted by atomic mass is 19.1. The van der Waals surface area contributed by atoms with E-state index in [0.29, 0.717) is 18.2 Å². The molecule has 1 aromatic rings. The maximum absolute atomic E-state index is 13.0. The van der Waals surface area contributed by atoms with Crippen LogP contribution >= 0.6 is 0 Å². The maximum atomic E-state index is 13.0. The highest BCUT2D eigenvalue weighted by molar-refractivity contribution is 5.33. The second-order valence-corrected chi connectivity index (χ2v) is 3.92. The van der Waals surface area contributed by atoms with E-state index in [0.717, 1.165) is 6.42 Å². The Kier molecular flexibility index (Phi) is 4.09. The number of halogens is 1. The summed E-state index contributed by atoms with van der Waals surface area (Å²) in [6.07, 6.45) is 1.03. The Balaban J connectivity index is 2.76. The largest absolute Gasteiger partial charge is 0.505 e. The molecule has 0 radical (unpaired) electrons. The van der Waals surface area contributed by atoms with Crippen LogP contribution in [0.3, 0.4) is 0 Å². The molecule has 3 heteroatoms. The molecule has 0 spiro atoms. The number of hydrogen-bond donors (Lipinski definition) is 1. The second-order valence-electron chi connectivity index (χ2n) is 3.92. The summed E-state index contributed by atoms with van der Waals surface area (Å²) in [7, 11) is 1.97. The van der Waals surface area contributed by atoms with Crippen molar-refractivity contribution in [2.75, 3.05) is 7.05 Å². The van der Waals surface area contributed by atoms with Crippen LogP contribution in [0.15, 0.2) is 18.2 Å². The van der Waals surface area contributed by atoms with E-state index in [9.17, 15) is 9.50 Å². The van der Waals surface area contributed by atoms with Crippen LogP contribution in [0.2, 0.25) is 0 Å². The van der Waals surface area contributed by atoms with Crippen LogP contribution in [0.4, 0.5) is 4.39 Å². The normalized spacial score (nSPS) is 13.1. The van der Waals surface area contributed by atoms with E-state index in [4.69, 9.17) is 0 Å². The summed E-state index contributed by atoms with van der Waals surface area (Å²) in [5, 5.41) is 9.50. The first-order valence-electron chi connectivity index (χ1n) is 5.22. The van der Waals surface area contributed by atoms with Gasteiger partial charge in [0, 0.05) is 18.2 Å². The third kappa shape index (κ3) is 2.93. The van der Waals surface area contributed by atoms with E-state index >= 15 is 0 Å². The van der Waals surface area contributed by atoms with Gasteiger partial charge in [0.1, 0.15) is 0 Å². The summed E-state index contributed by atoms with van der Waals surface area (Å²) in [5.41, 5.74) is 0.637. The SMILES string of the molecule is CCC(C)N(C)Cc1cccc(F)c1O. The zero-order valence-electron chi connectivity index (χ0n) is 9.50. The fourth-order valence-electron chi connectivity index (χ4n) is 1.42. The quantitative estimate of drug-likeness (QED) is 0.827. The van der Waals surface area contributed by atoms with Crippen molar-refractivity contribution in [3.63, 3.8) is 0 Å². The number of rotatable bonds is 4. The molecule has 0 saturated heterocycles. The molecule has 84 valence electrons. The third-order valence-electron chi connectivity index (χ3n) is 2.83. The Morgan fingerprint density at radius 2 is 2.13 bits per heavy atom. The third-order valence-corrected chi connectivity index (χ3v) is 2.83. The zero-order valence-corrected chi connectivity index (χ0v) is 9.50. The molecule has 0 amide bonds. The van der Waals surface area contributed by atoms with Crippen LogP contribution in [-0.4, -0.2) is 23.1 Å². The Morgan fingerprint density at radius 3 is 2.73 bits per heavy atom. The number of hydrogen-bond acceptors (Lipinski definition) is 2. The van der Waals surface area contributed by atoms with Gasteiger partial charge in [-0.05, 0) is 26.5 Å². The van der Waals surface area contributed by atoms with Gasteiger partial charge < -0.3 is 5.11 Å². The van der Waals surface area contributed by atoms with Crippen molar-refractivity contribution < 1.29 is 9.50 Å². The first kappa shape index (κ1) is 12.0. The summed E-state index contributed by atoms with van der Waals surface area (Å²) < 4.78 is 13.0. The van der Waals surface area contributed by atoms with Gasteiger partial charge in [0.05, 0.1) is 0 Å². The van der Waals surface area contributed by atoms with Gasteiger partial charge >= 0.3 is 0 Å².